The van der Waals surface area contributed by atoms with Gasteiger partial charge in [0.2, 0.25) is 0 Å². The SMILES string of the molecule is CC(C)c1ccc(C(F)(F)F)c(Cl)c1.Cc1cc(C(C)C)ccc1Cl. The average molecular weight is 391 g/mol. The third kappa shape index (κ3) is 6.56. The zero-order valence-electron chi connectivity index (χ0n) is 15.0. The fraction of sp³-hybridized carbons (Fsp3) is 0.400. The molecule has 5 heteroatoms. The predicted molar refractivity (Wildman–Crippen MR) is 101 cm³/mol. The normalized spacial score (nSPS) is 11.5. The molecule has 0 aliphatic carbocycles. The third-order valence-corrected chi connectivity index (χ3v) is 4.55. The highest BCUT2D eigenvalue weighted by molar-refractivity contribution is 6.31. The predicted octanol–water partition coefficient (Wildman–Crippen LogP) is 8.25. The molecule has 0 fully saturated rings. The lowest BCUT2D eigenvalue weighted by atomic mass is 10.0. The van der Waals surface area contributed by atoms with E-state index in [9.17, 15) is 13.2 Å². The highest BCUT2D eigenvalue weighted by atomic mass is 35.5. The zero-order chi connectivity index (χ0) is 19.4. The van der Waals surface area contributed by atoms with Crippen LogP contribution in [0.3, 0.4) is 0 Å². The highest BCUT2D eigenvalue weighted by Gasteiger charge is 2.33. The van der Waals surface area contributed by atoms with E-state index < -0.39 is 11.7 Å². The summed E-state index contributed by atoms with van der Waals surface area (Å²) in [6.45, 7) is 10.2. The smallest absolute Gasteiger partial charge is 0.166 e. The van der Waals surface area contributed by atoms with E-state index in [0.717, 1.165) is 22.2 Å². The number of aryl methyl sites for hydroxylation is 1. The number of alkyl halides is 3. The van der Waals surface area contributed by atoms with Crippen LogP contribution in [0.15, 0.2) is 36.4 Å². The van der Waals surface area contributed by atoms with E-state index in [0.29, 0.717) is 5.92 Å². The van der Waals surface area contributed by atoms with Crippen LogP contribution in [-0.2, 0) is 6.18 Å². The molecule has 0 aliphatic heterocycles. The summed E-state index contributed by atoms with van der Waals surface area (Å²) in [5.41, 5.74) is 2.55. The first kappa shape index (κ1) is 21.9. The van der Waals surface area contributed by atoms with E-state index in [1.165, 1.54) is 17.7 Å². The number of rotatable bonds is 2. The average Bonchev–Trinajstić information content (AvgIpc) is 2.49. The van der Waals surface area contributed by atoms with Crippen LogP contribution in [0.5, 0.6) is 0 Å². The van der Waals surface area contributed by atoms with Crippen molar-refractivity contribution in [2.45, 2.75) is 52.6 Å². The summed E-state index contributed by atoms with van der Waals surface area (Å²) in [4.78, 5) is 0. The van der Waals surface area contributed by atoms with Crippen LogP contribution in [0.25, 0.3) is 0 Å². The molecule has 2 aromatic rings. The quantitative estimate of drug-likeness (QED) is 0.483. The Balaban J connectivity index is 0.000000257. The van der Waals surface area contributed by atoms with Gasteiger partial charge in [0.1, 0.15) is 0 Å². The molecule has 0 aliphatic rings. The van der Waals surface area contributed by atoms with E-state index >= 15 is 0 Å². The van der Waals surface area contributed by atoms with Gasteiger partial charge in [-0.2, -0.15) is 13.2 Å². The van der Waals surface area contributed by atoms with Gasteiger partial charge in [0.15, 0.2) is 0 Å². The molecule has 0 saturated carbocycles. The monoisotopic (exact) mass is 390 g/mol. The summed E-state index contributed by atoms with van der Waals surface area (Å²) in [7, 11) is 0. The molecule has 2 aromatic carbocycles. The summed E-state index contributed by atoms with van der Waals surface area (Å²) in [6, 6.07) is 10.0. The number of hydrogen-bond acceptors (Lipinski definition) is 0. The van der Waals surface area contributed by atoms with Gasteiger partial charge in [0, 0.05) is 5.02 Å². The lowest BCUT2D eigenvalue weighted by Gasteiger charge is -2.11. The standard InChI is InChI=1S/C10H10ClF3.C10H13Cl/c1-6(2)7-3-4-8(9(11)5-7)10(12,13)14;1-7(2)9-4-5-10(11)8(3)6-9/h3-6H,1-2H3;4-7H,1-3H3. The van der Waals surface area contributed by atoms with E-state index in [1.807, 2.05) is 26.8 Å². The first-order valence-electron chi connectivity index (χ1n) is 8.06. The third-order valence-electron chi connectivity index (χ3n) is 3.81. The molecule has 0 heterocycles. The van der Waals surface area contributed by atoms with E-state index in [4.69, 9.17) is 23.2 Å². The van der Waals surface area contributed by atoms with Gasteiger partial charge < -0.3 is 0 Å². The maximum Gasteiger partial charge on any atom is 0.417 e. The number of benzene rings is 2. The van der Waals surface area contributed by atoms with Gasteiger partial charge in [-0.25, -0.2) is 0 Å². The Labute approximate surface area is 158 Å². The van der Waals surface area contributed by atoms with Crippen LogP contribution in [-0.4, -0.2) is 0 Å². The van der Waals surface area contributed by atoms with Crippen LogP contribution in [0, 0.1) is 6.92 Å². The minimum atomic E-state index is -4.37. The van der Waals surface area contributed by atoms with Gasteiger partial charge in [0.05, 0.1) is 10.6 Å². The fourth-order valence-corrected chi connectivity index (χ4v) is 2.56. The summed E-state index contributed by atoms with van der Waals surface area (Å²) in [6.07, 6.45) is -4.37. The first-order valence-corrected chi connectivity index (χ1v) is 8.81. The molecule has 0 saturated heterocycles. The van der Waals surface area contributed by atoms with Gasteiger partial charge in [0.25, 0.3) is 0 Å². The van der Waals surface area contributed by atoms with Gasteiger partial charge >= 0.3 is 6.18 Å². The van der Waals surface area contributed by atoms with E-state index in [1.54, 1.807) is 0 Å². The van der Waals surface area contributed by atoms with Crippen molar-refractivity contribution in [2.24, 2.45) is 0 Å². The Hall–Kier alpha value is -1.19. The summed E-state index contributed by atoms with van der Waals surface area (Å²) >= 11 is 11.4. The molecule has 0 spiro atoms. The second kappa shape index (κ2) is 8.95. The van der Waals surface area contributed by atoms with E-state index in [2.05, 4.69) is 26.0 Å². The Morgan fingerprint density at radius 1 is 0.760 bits per heavy atom. The number of hydrogen-bond donors (Lipinski definition) is 0. The lowest BCUT2D eigenvalue weighted by molar-refractivity contribution is -0.137. The summed E-state index contributed by atoms with van der Waals surface area (Å²) in [5.74, 6) is 0.765. The van der Waals surface area contributed by atoms with Crippen LogP contribution in [0.2, 0.25) is 10.0 Å². The van der Waals surface area contributed by atoms with Crippen molar-refractivity contribution in [1.82, 2.24) is 0 Å². The van der Waals surface area contributed by atoms with Crippen molar-refractivity contribution >= 4 is 23.2 Å². The van der Waals surface area contributed by atoms with Gasteiger partial charge in [-0.1, -0.05) is 69.1 Å². The summed E-state index contributed by atoms with van der Waals surface area (Å²) in [5, 5.41) is 0.623. The maximum absolute atomic E-state index is 12.3. The lowest BCUT2D eigenvalue weighted by Crippen LogP contribution is -2.06. The minimum Gasteiger partial charge on any atom is -0.166 e. The molecule has 0 amide bonds. The Morgan fingerprint density at radius 3 is 1.64 bits per heavy atom. The van der Waals surface area contributed by atoms with Crippen molar-refractivity contribution in [3.05, 3.63) is 68.7 Å². The molecule has 0 unspecified atom stereocenters. The Kier molecular flexibility index (Phi) is 7.83. The molecule has 2 rings (SSSR count). The largest absolute Gasteiger partial charge is 0.417 e. The number of halogens is 5. The Bertz CT molecular complexity index is 705. The van der Waals surface area contributed by atoms with Crippen LogP contribution >= 0.6 is 23.2 Å². The molecule has 0 N–H and O–H groups in total. The highest BCUT2D eigenvalue weighted by Crippen LogP contribution is 2.35. The van der Waals surface area contributed by atoms with Crippen molar-refractivity contribution in [2.75, 3.05) is 0 Å². The fourth-order valence-electron chi connectivity index (χ4n) is 2.15. The molecule has 0 radical (unpaired) electrons. The molecule has 0 nitrogen and oxygen atoms in total. The molecule has 0 aromatic heterocycles. The van der Waals surface area contributed by atoms with Crippen LogP contribution in [0.4, 0.5) is 13.2 Å². The molecule has 138 valence electrons. The topological polar surface area (TPSA) is 0 Å². The summed E-state index contributed by atoms with van der Waals surface area (Å²) < 4.78 is 36.9. The Morgan fingerprint density at radius 2 is 1.24 bits per heavy atom. The first-order chi connectivity index (χ1) is 11.4. The molecule has 0 bridgehead atoms. The van der Waals surface area contributed by atoms with Crippen molar-refractivity contribution in [3.8, 4) is 0 Å². The van der Waals surface area contributed by atoms with E-state index in [-0.39, 0.29) is 10.9 Å². The van der Waals surface area contributed by atoms with Crippen molar-refractivity contribution < 1.29 is 13.2 Å². The second-order valence-electron chi connectivity index (χ2n) is 6.56. The van der Waals surface area contributed by atoms with Crippen LogP contribution in [0.1, 0.15) is 61.8 Å². The minimum absolute atomic E-state index is 0.176. The molecular weight excluding hydrogens is 368 g/mol. The molecule has 25 heavy (non-hydrogen) atoms. The van der Waals surface area contributed by atoms with Crippen molar-refractivity contribution in [1.29, 1.82) is 0 Å². The molecular formula is C20H23Cl2F3. The molecule has 0 atom stereocenters. The maximum atomic E-state index is 12.3. The second-order valence-corrected chi connectivity index (χ2v) is 7.37. The van der Waals surface area contributed by atoms with Crippen LogP contribution < -0.4 is 0 Å². The van der Waals surface area contributed by atoms with Gasteiger partial charge in [-0.3, -0.25) is 0 Å². The van der Waals surface area contributed by atoms with Crippen molar-refractivity contribution in [3.63, 3.8) is 0 Å². The zero-order valence-corrected chi connectivity index (χ0v) is 16.5. The van der Waals surface area contributed by atoms with Gasteiger partial charge in [-0.15, -0.1) is 0 Å². The van der Waals surface area contributed by atoms with Gasteiger partial charge in [-0.05, 0) is 53.6 Å².